The van der Waals surface area contributed by atoms with Crippen LogP contribution in [0.1, 0.15) is 18.5 Å². The Morgan fingerprint density at radius 2 is 2.00 bits per heavy atom. The van der Waals surface area contributed by atoms with Crippen molar-refractivity contribution in [3.8, 4) is 29.0 Å². The molecule has 9 nitrogen and oxygen atoms in total. The van der Waals surface area contributed by atoms with E-state index in [1.54, 1.807) is 22.8 Å². The van der Waals surface area contributed by atoms with E-state index >= 15 is 0 Å². The average molecular weight is 548 g/mol. The van der Waals surface area contributed by atoms with Gasteiger partial charge in [0.1, 0.15) is 43.6 Å². The molecule has 0 spiro atoms. The van der Waals surface area contributed by atoms with Crippen molar-refractivity contribution in [3.05, 3.63) is 66.1 Å². The second-order valence-electron chi connectivity index (χ2n) is 9.86. The first-order valence-electron chi connectivity index (χ1n) is 12.2. The molecule has 0 radical (unpaired) electrons. The summed E-state index contributed by atoms with van der Waals surface area (Å²) in [5.41, 5.74) is 2.11. The van der Waals surface area contributed by atoms with E-state index in [0.29, 0.717) is 28.7 Å². The van der Waals surface area contributed by atoms with Gasteiger partial charge in [-0.05, 0) is 61.0 Å². The maximum atomic E-state index is 14.2. The number of aromatic nitrogens is 4. The molecule has 14 heteroatoms. The van der Waals surface area contributed by atoms with E-state index in [0.717, 1.165) is 31.5 Å². The Hall–Kier alpha value is -3.95. The van der Waals surface area contributed by atoms with Gasteiger partial charge in [-0.2, -0.15) is 5.10 Å². The van der Waals surface area contributed by atoms with E-state index in [9.17, 15) is 17.2 Å². The van der Waals surface area contributed by atoms with Crippen LogP contribution >= 0.6 is 0 Å². The Labute approximate surface area is 226 Å². The highest BCUT2D eigenvalue weighted by molar-refractivity contribution is 7.92. The zero-order chi connectivity index (χ0) is 27.8. The number of nitrogens with zero attached hydrogens (tertiary/aromatic N) is 4. The Kier molecular flexibility index (Phi) is 7.05. The van der Waals surface area contributed by atoms with E-state index in [-0.39, 0.29) is 22.8 Å². The lowest BCUT2D eigenvalue weighted by atomic mass is 9.56. The van der Waals surface area contributed by atoms with Gasteiger partial charge < -0.3 is 10.1 Å². The van der Waals surface area contributed by atoms with Crippen molar-refractivity contribution in [1.29, 1.82) is 0 Å². The Balaban J connectivity index is 1.47. The molecule has 198 valence electrons. The van der Waals surface area contributed by atoms with Crippen molar-refractivity contribution in [3.63, 3.8) is 0 Å². The summed E-state index contributed by atoms with van der Waals surface area (Å²) in [4.78, 5) is 7.86. The molecule has 2 N–H and O–H groups in total. The van der Waals surface area contributed by atoms with E-state index in [2.05, 4.69) is 52.6 Å². The monoisotopic (exact) mass is 548 g/mol. The zero-order valence-electron chi connectivity index (χ0n) is 21.5. The molecular formula is C25H24B2F2N6O3S. The summed E-state index contributed by atoms with van der Waals surface area (Å²) in [5, 5.41) is 8.17. The fraction of sp³-hybridized carbons (Fsp3) is 0.240. The Morgan fingerprint density at radius 3 is 2.74 bits per heavy atom. The van der Waals surface area contributed by atoms with Gasteiger partial charge in [-0.15, -0.1) is 0 Å². The standard InChI is InChI=1S/C25H24B2F2N6O3S/c1-38-24-21(34-39(36,37)22-6-3-17(28)11-19(22)29)10-16(13-31-24)20-5-7-23-30-14-18(35(23)33-20)4-2-15-8-9-32-25(26,27)12-15/h3,5-7,10-11,13-15,32,34H,8-9,12,26-27H2,1H3. The maximum Gasteiger partial charge on any atom is 0.264 e. The molecule has 1 saturated heterocycles. The number of imidazole rings is 1. The van der Waals surface area contributed by atoms with Crippen LogP contribution in [-0.2, 0) is 10.0 Å². The van der Waals surface area contributed by atoms with Crippen LogP contribution < -0.4 is 14.8 Å². The summed E-state index contributed by atoms with van der Waals surface area (Å²) >= 11 is 0. The molecule has 1 fully saturated rings. The minimum absolute atomic E-state index is 0.0333. The van der Waals surface area contributed by atoms with Gasteiger partial charge in [0.15, 0.2) is 5.65 Å². The van der Waals surface area contributed by atoms with Crippen LogP contribution in [0.25, 0.3) is 16.9 Å². The summed E-state index contributed by atoms with van der Waals surface area (Å²) in [6.45, 7) is 0.909. The molecule has 1 atom stereocenters. The van der Waals surface area contributed by atoms with Gasteiger partial charge in [-0.1, -0.05) is 5.92 Å². The lowest BCUT2D eigenvalue weighted by Gasteiger charge is -2.34. The quantitative estimate of drug-likeness (QED) is 0.285. The van der Waals surface area contributed by atoms with E-state index in [4.69, 9.17) is 4.74 Å². The van der Waals surface area contributed by atoms with Crippen LogP contribution in [0.15, 0.2) is 53.7 Å². The van der Waals surface area contributed by atoms with Crippen molar-refractivity contribution in [2.24, 2.45) is 5.92 Å². The van der Waals surface area contributed by atoms with Gasteiger partial charge in [0.25, 0.3) is 10.0 Å². The van der Waals surface area contributed by atoms with Crippen LogP contribution in [0.4, 0.5) is 14.5 Å². The molecule has 3 aromatic heterocycles. The molecule has 5 rings (SSSR count). The normalized spacial score (nSPS) is 16.8. The molecule has 0 bridgehead atoms. The third kappa shape index (κ3) is 5.74. The van der Waals surface area contributed by atoms with Gasteiger partial charge in [-0.25, -0.2) is 31.7 Å². The second-order valence-corrected chi connectivity index (χ2v) is 11.5. The maximum absolute atomic E-state index is 14.2. The number of fused-ring (bicyclic) bond motifs is 1. The minimum Gasteiger partial charge on any atom is -0.480 e. The summed E-state index contributed by atoms with van der Waals surface area (Å²) in [6, 6.07) is 7.16. The van der Waals surface area contributed by atoms with Crippen LogP contribution in [0.2, 0.25) is 0 Å². The number of sulfonamides is 1. The highest BCUT2D eigenvalue weighted by Crippen LogP contribution is 2.30. The van der Waals surface area contributed by atoms with Crippen LogP contribution in [0, 0.1) is 29.4 Å². The molecule has 4 aromatic rings. The molecule has 1 unspecified atom stereocenters. The first-order valence-corrected chi connectivity index (χ1v) is 13.7. The predicted molar refractivity (Wildman–Crippen MR) is 147 cm³/mol. The lowest BCUT2D eigenvalue weighted by molar-refractivity contribution is 0.388. The third-order valence-corrected chi connectivity index (χ3v) is 7.79. The van der Waals surface area contributed by atoms with E-state index in [1.807, 2.05) is 0 Å². The highest BCUT2D eigenvalue weighted by atomic mass is 32.2. The van der Waals surface area contributed by atoms with Crippen LogP contribution in [-0.4, -0.2) is 62.7 Å². The largest absolute Gasteiger partial charge is 0.480 e. The molecular weight excluding hydrogens is 524 g/mol. The number of ether oxygens (including phenoxy) is 1. The number of nitrogens with one attached hydrogen (secondary N) is 2. The fourth-order valence-electron chi connectivity index (χ4n) is 4.51. The van der Waals surface area contributed by atoms with Crippen LogP contribution in [0.3, 0.4) is 0 Å². The summed E-state index contributed by atoms with van der Waals surface area (Å²) < 4.78 is 62.4. The number of methoxy groups -OCH3 is 1. The molecule has 0 saturated carbocycles. The molecule has 1 aliphatic heterocycles. The van der Waals surface area contributed by atoms with Crippen molar-refractivity contribution in [1.82, 2.24) is 24.9 Å². The zero-order valence-corrected chi connectivity index (χ0v) is 22.3. The number of hydrogen-bond acceptors (Lipinski definition) is 7. The smallest absolute Gasteiger partial charge is 0.264 e. The van der Waals surface area contributed by atoms with Crippen molar-refractivity contribution in [2.45, 2.75) is 23.1 Å². The summed E-state index contributed by atoms with van der Waals surface area (Å²) in [7, 11) is 1.23. The molecule has 1 aromatic carbocycles. The second kappa shape index (κ2) is 10.3. The number of halogens is 2. The summed E-state index contributed by atoms with van der Waals surface area (Å²) in [5.74, 6) is 4.67. The Bertz CT molecular complexity index is 1740. The number of hydrogen-bond donors (Lipinski definition) is 2. The topological polar surface area (TPSA) is 111 Å². The first kappa shape index (κ1) is 26.6. The first-order chi connectivity index (χ1) is 18.5. The van der Waals surface area contributed by atoms with Gasteiger partial charge >= 0.3 is 0 Å². The molecule has 4 heterocycles. The molecule has 1 aliphatic rings. The van der Waals surface area contributed by atoms with Gasteiger partial charge in [0, 0.05) is 23.7 Å². The van der Waals surface area contributed by atoms with Crippen molar-refractivity contribution < 1.29 is 21.9 Å². The molecule has 39 heavy (non-hydrogen) atoms. The number of pyridine rings is 1. The van der Waals surface area contributed by atoms with Crippen molar-refractivity contribution in [2.75, 3.05) is 18.4 Å². The number of anilines is 1. The van der Waals surface area contributed by atoms with Crippen LogP contribution in [0.5, 0.6) is 5.88 Å². The number of rotatable bonds is 5. The van der Waals surface area contributed by atoms with Gasteiger partial charge in [0.2, 0.25) is 5.88 Å². The molecule has 0 aliphatic carbocycles. The number of piperidine rings is 1. The Morgan fingerprint density at radius 1 is 1.18 bits per heavy atom. The molecule has 0 amide bonds. The van der Waals surface area contributed by atoms with Gasteiger partial charge in [0.05, 0.1) is 19.0 Å². The predicted octanol–water partition coefficient (Wildman–Crippen LogP) is 1.15. The highest BCUT2D eigenvalue weighted by Gasteiger charge is 2.26. The average Bonchev–Trinajstić information content (AvgIpc) is 3.28. The summed E-state index contributed by atoms with van der Waals surface area (Å²) in [6.07, 6.45) is 5.04. The van der Waals surface area contributed by atoms with Gasteiger partial charge in [-0.3, -0.25) is 4.72 Å². The minimum atomic E-state index is -4.42. The van der Waals surface area contributed by atoms with Crippen molar-refractivity contribution >= 4 is 37.1 Å². The third-order valence-electron chi connectivity index (χ3n) is 6.39. The van der Waals surface area contributed by atoms with E-state index < -0.39 is 26.6 Å². The SMILES string of the molecule is BC1(B)CC(C#Cc2cnc3ccc(-c4cnc(OC)c(NS(=O)(=O)c5ccc(F)cc5F)c4)nn23)CCN1. The van der Waals surface area contributed by atoms with E-state index in [1.165, 1.54) is 19.4 Å². The number of benzene rings is 1. The lowest BCUT2D eigenvalue weighted by Crippen LogP contribution is -2.51. The fourth-order valence-corrected chi connectivity index (χ4v) is 5.62.